The summed E-state index contributed by atoms with van der Waals surface area (Å²) in [5, 5.41) is 2.91. The number of hydrogen-bond acceptors (Lipinski definition) is 2. The Labute approximate surface area is 128 Å². The molecule has 0 unspecified atom stereocenters. The van der Waals surface area contributed by atoms with Crippen molar-refractivity contribution < 1.29 is 9.18 Å². The lowest BCUT2D eigenvalue weighted by Crippen LogP contribution is -2.15. The number of benzene rings is 2. The average Bonchev–Trinajstić information content (AvgIpc) is 2.50. The molecule has 0 radical (unpaired) electrons. The summed E-state index contributed by atoms with van der Waals surface area (Å²) in [5.41, 5.74) is 2.60. The Balaban J connectivity index is 1.84. The molecule has 0 atom stereocenters. The summed E-state index contributed by atoms with van der Waals surface area (Å²) in [4.78, 5) is 11.9. The Morgan fingerprint density at radius 3 is 2.48 bits per heavy atom. The molecule has 21 heavy (non-hydrogen) atoms. The van der Waals surface area contributed by atoms with Crippen LogP contribution in [0.15, 0.2) is 48.5 Å². The van der Waals surface area contributed by atoms with E-state index in [1.807, 2.05) is 24.3 Å². The predicted molar refractivity (Wildman–Crippen MR) is 87.0 cm³/mol. The van der Waals surface area contributed by atoms with Crippen LogP contribution in [0.25, 0.3) is 0 Å². The Morgan fingerprint density at radius 1 is 1.10 bits per heavy atom. The summed E-state index contributed by atoms with van der Waals surface area (Å²) >= 11 is 1.41. The van der Waals surface area contributed by atoms with Gasteiger partial charge in [0.1, 0.15) is 5.82 Å². The van der Waals surface area contributed by atoms with Crippen molar-refractivity contribution in [2.45, 2.75) is 19.1 Å². The fraction of sp³-hybridized carbons (Fsp3) is 0.235. The summed E-state index contributed by atoms with van der Waals surface area (Å²) in [6, 6.07) is 14.4. The number of carbonyl (C=O) groups excluding carboxylic acids is 1. The van der Waals surface area contributed by atoms with E-state index in [9.17, 15) is 9.18 Å². The van der Waals surface area contributed by atoms with E-state index in [2.05, 4.69) is 12.2 Å². The number of rotatable bonds is 6. The van der Waals surface area contributed by atoms with Crippen LogP contribution in [0.4, 0.5) is 10.1 Å². The van der Waals surface area contributed by atoms with Gasteiger partial charge in [-0.3, -0.25) is 4.79 Å². The maximum Gasteiger partial charge on any atom is 0.234 e. The van der Waals surface area contributed by atoms with Gasteiger partial charge in [-0.05, 0) is 29.7 Å². The second-order valence-electron chi connectivity index (χ2n) is 4.64. The van der Waals surface area contributed by atoms with Crippen LogP contribution in [0, 0.1) is 5.82 Å². The van der Waals surface area contributed by atoms with Gasteiger partial charge in [-0.15, -0.1) is 11.8 Å². The zero-order chi connectivity index (χ0) is 15.1. The molecule has 0 fully saturated rings. The first-order chi connectivity index (χ1) is 10.2. The number of nitrogens with one attached hydrogen (secondary N) is 1. The van der Waals surface area contributed by atoms with E-state index in [1.54, 1.807) is 18.2 Å². The normalized spacial score (nSPS) is 10.4. The number of halogens is 1. The minimum atomic E-state index is -0.221. The molecule has 0 aliphatic heterocycles. The molecule has 0 bridgehead atoms. The molecular formula is C17H18FNOS. The second-order valence-corrected chi connectivity index (χ2v) is 5.63. The van der Waals surface area contributed by atoms with Crippen molar-refractivity contribution in [3.8, 4) is 0 Å². The summed E-state index contributed by atoms with van der Waals surface area (Å²) < 4.78 is 13.4. The lowest BCUT2D eigenvalue weighted by atomic mass is 10.1. The molecule has 0 aliphatic rings. The number of para-hydroxylation sites is 1. The highest BCUT2D eigenvalue weighted by Crippen LogP contribution is 2.18. The van der Waals surface area contributed by atoms with Gasteiger partial charge in [0.05, 0.1) is 5.75 Å². The molecule has 0 saturated heterocycles. The first kappa shape index (κ1) is 15.6. The van der Waals surface area contributed by atoms with Gasteiger partial charge >= 0.3 is 0 Å². The zero-order valence-electron chi connectivity index (χ0n) is 11.9. The van der Waals surface area contributed by atoms with Crippen LogP contribution < -0.4 is 5.32 Å². The number of aryl methyl sites for hydroxylation is 1. The molecule has 0 aromatic heterocycles. The highest BCUT2D eigenvalue weighted by Gasteiger charge is 2.07. The van der Waals surface area contributed by atoms with E-state index in [1.165, 1.54) is 17.8 Å². The minimum absolute atomic E-state index is 0.0581. The van der Waals surface area contributed by atoms with Crippen LogP contribution in [-0.4, -0.2) is 11.7 Å². The molecule has 0 heterocycles. The van der Waals surface area contributed by atoms with E-state index >= 15 is 0 Å². The monoisotopic (exact) mass is 303 g/mol. The van der Waals surface area contributed by atoms with E-state index in [0.29, 0.717) is 17.1 Å². The van der Waals surface area contributed by atoms with Crippen molar-refractivity contribution in [2.75, 3.05) is 11.1 Å². The van der Waals surface area contributed by atoms with Crippen molar-refractivity contribution >= 4 is 23.4 Å². The van der Waals surface area contributed by atoms with E-state index in [0.717, 1.165) is 17.7 Å². The molecule has 2 aromatic carbocycles. The number of hydrogen-bond donors (Lipinski definition) is 1. The maximum absolute atomic E-state index is 13.4. The number of anilines is 1. The quantitative estimate of drug-likeness (QED) is 0.864. The van der Waals surface area contributed by atoms with Crippen LogP contribution in [0.1, 0.15) is 18.1 Å². The predicted octanol–water partition coefficient (Wildman–Crippen LogP) is 4.26. The number of amides is 1. The third kappa shape index (κ3) is 4.60. The molecule has 2 nitrogen and oxygen atoms in total. The SMILES string of the molecule is CCc1ccccc1NC(=O)CSCc1ccccc1F. The minimum Gasteiger partial charge on any atom is -0.325 e. The fourth-order valence-corrected chi connectivity index (χ4v) is 2.82. The van der Waals surface area contributed by atoms with Crippen molar-refractivity contribution in [2.24, 2.45) is 0 Å². The van der Waals surface area contributed by atoms with Crippen LogP contribution in [-0.2, 0) is 17.0 Å². The standard InChI is InChI=1S/C17H18FNOS/c1-2-13-7-4-6-10-16(13)19-17(20)12-21-11-14-8-3-5-9-15(14)18/h3-10H,2,11-12H2,1H3,(H,19,20). The topological polar surface area (TPSA) is 29.1 Å². The second kappa shape index (κ2) is 7.84. The molecule has 1 N–H and O–H groups in total. The molecule has 0 aliphatic carbocycles. The Morgan fingerprint density at radius 2 is 1.76 bits per heavy atom. The highest BCUT2D eigenvalue weighted by atomic mass is 32.2. The molecule has 2 aromatic rings. The van der Waals surface area contributed by atoms with Crippen molar-refractivity contribution in [1.29, 1.82) is 0 Å². The van der Waals surface area contributed by atoms with Crippen molar-refractivity contribution in [3.63, 3.8) is 0 Å². The van der Waals surface area contributed by atoms with Crippen molar-refractivity contribution in [3.05, 3.63) is 65.5 Å². The van der Waals surface area contributed by atoms with Gasteiger partial charge in [-0.2, -0.15) is 0 Å². The van der Waals surface area contributed by atoms with Crippen molar-refractivity contribution in [1.82, 2.24) is 0 Å². The average molecular weight is 303 g/mol. The maximum atomic E-state index is 13.4. The van der Waals surface area contributed by atoms with Gasteiger partial charge < -0.3 is 5.32 Å². The first-order valence-corrected chi connectivity index (χ1v) is 8.05. The van der Waals surface area contributed by atoms with E-state index < -0.39 is 0 Å². The number of thioether (sulfide) groups is 1. The third-order valence-electron chi connectivity index (χ3n) is 3.12. The molecule has 0 spiro atoms. The Kier molecular flexibility index (Phi) is 5.81. The summed E-state index contributed by atoms with van der Waals surface area (Å²) in [5.74, 6) is 0.529. The van der Waals surface area contributed by atoms with Gasteiger partial charge in [-0.25, -0.2) is 4.39 Å². The fourth-order valence-electron chi connectivity index (χ4n) is 2.01. The number of carbonyl (C=O) groups is 1. The summed E-state index contributed by atoms with van der Waals surface area (Å²) in [7, 11) is 0. The van der Waals surface area contributed by atoms with Gasteiger partial charge in [0.2, 0.25) is 5.91 Å². The van der Waals surface area contributed by atoms with Crippen LogP contribution in [0.2, 0.25) is 0 Å². The Bertz CT molecular complexity index is 615. The molecule has 4 heteroatoms. The highest BCUT2D eigenvalue weighted by molar-refractivity contribution is 7.99. The van der Waals surface area contributed by atoms with E-state index in [-0.39, 0.29) is 11.7 Å². The lowest BCUT2D eigenvalue weighted by molar-refractivity contribution is -0.113. The van der Waals surface area contributed by atoms with Gasteiger partial charge in [-0.1, -0.05) is 43.3 Å². The lowest BCUT2D eigenvalue weighted by Gasteiger charge is -2.09. The molecule has 2 rings (SSSR count). The molecule has 110 valence electrons. The van der Waals surface area contributed by atoms with Gasteiger partial charge in [0.15, 0.2) is 0 Å². The smallest absolute Gasteiger partial charge is 0.234 e. The first-order valence-electron chi connectivity index (χ1n) is 6.89. The van der Waals surface area contributed by atoms with Gasteiger partial charge in [0, 0.05) is 11.4 Å². The van der Waals surface area contributed by atoms with Crippen LogP contribution >= 0.6 is 11.8 Å². The third-order valence-corrected chi connectivity index (χ3v) is 4.10. The Hall–Kier alpha value is -1.81. The zero-order valence-corrected chi connectivity index (χ0v) is 12.8. The molecular weight excluding hydrogens is 285 g/mol. The van der Waals surface area contributed by atoms with Crippen LogP contribution in [0.3, 0.4) is 0 Å². The molecule has 0 saturated carbocycles. The largest absolute Gasteiger partial charge is 0.325 e. The summed E-state index contributed by atoms with van der Waals surface area (Å²) in [6.07, 6.45) is 0.874. The van der Waals surface area contributed by atoms with E-state index in [4.69, 9.17) is 0 Å². The molecule has 1 amide bonds. The van der Waals surface area contributed by atoms with Gasteiger partial charge in [0.25, 0.3) is 0 Å². The van der Waals surface area contributed by atoms with Crippen LogP contribution in [0.5, 0.6) is 0 Å². The summed E-state index contributed by atoms with van der Waals surface area (Å²) in [6.45, 7) is 2.05.